The highest BCUT2D eigenvalue weighted by atomic mass is 16.5. The largest absolute Gasteiger partial charge is 0.481 e. The van der Waals surface area contributed by atoms with Gasteiger partial charge in [0.2, 0.25) is 0 Å². The predicted molar refractivity (Wildman–Crippen MR) is 112 cm³/mol. The van der Waals surface area contributed by atoms with E-state index in [4.69, 9.17) is 14.2 Å². The fourth-order valence-electron chi connectivity index (χ4n) is 2.91. The highest BCUT2D eigenvalue weighted by molar-refractivity contribution is 6.04. The maximum atomic E-state index is 12.7. The van der Waals surface area contributed by atoms with Gasteiger partial charge in [0.15, 0.2) is 6.10 Å². The molecule has 0 bridgehead atoms. The molecule has 0 saturated carbocycles. The van der Waals surface area contributed by atoms with Crippen molar-refractivity contribution >= 4 is 34.3 Å². The molecular weight excluding hydrogens is 386 g/mol. The lowest BCUT2D eigenvalue weighted by atomic mass is 10.1. The van der Waals surface area contributed by atoms with Gasteiger partial charge in [0, 0.05) is 0 Å². The first-order chi connectivity index (χ1) is 14.4. The fourth-order valence-corrected chi connectivity index (χ4v) is 2.91. The lowest BCUT2D eigenvalue weighted by Gasteiger charge is -2.17. The van der Waals surface area contributed by atoms with E-state index in [-0.39, 0.29) is 16.8 Å². The average molecular weight is 407 g/mol. The minimum atomic E-state index is -0.863. The number of esters is 2. The molecule has 154 valence electrons. The van der Waals surface area contributed by atoms with Crippen LogP contribution in [0.15, 0.2) is 60.7 Å². The summed E-state index contributed by atoms with van der Waals surface area (Å²) in [4.78, 5) is 36.5. The van der Waals surface area contributed by atoms with Crippen LogP contribution in [0.1, 0.15) is 27.6 Å². The standard InChI is InChI=1S/C23H21NO6/c1-14(30-18-10-8-15-6-4-5-7-16(15)12-18)21(25)24-20-13-17(22(26)28-2)9-11-19(20)23(27)29-3/h4-14H,1-3H3,(H,24,25)/t14-/m1/s1. The second-order valence-corrected chi connectivity index (χ2v) is 6.50. The van der Waals surface area contributed by atoms with E-state index < -0.39 is 23.9 Å². The van der Waals surface area contributed by atoms with E-state index in [0.29, 0.717) is 5.75 Å². The molecule has 0 unspecified atom stereocenters. The van der Waals surface area contributed by atoms with Crippen molar-refractivity contribution in [2.75, 3.05) is 19.5 Å². The van der Waals surface area contributed by atoms with E-state index in [1.54, 1.807) is 13.0 Å². The minimum Gasteiger partial charge on any atom is -0.481 e. The molecule has 0 aliphatic carbocycles. The number of rotatable bonds is 6. The van der Waals surface area contributed by atoms with Crippen LogP contribution in [0.25, 0.3) is 10.8 Å². The molecule has 0 radical (unpaired) electrons. The molecule has 0 fully saturated rings. The summed E-state index contributed by atoms with van der Waals surface area (Å²) in [7, 11) is 2.47. The molecule has 3 rings (SSSR count). The molecule has 1 atom stereocenters. The Morgan fingerprint density at radius 2 is 1.53 bits per heavy atom. The first-order valence-corrected chi connectivity index (χ1v) is 9.20. The average Bonchev–Trinajstić information content (AvgIpc) is 2.77. The Morgan fingerprint density at radius 1 is 0.833 bits per heavy atom. The Kier molecular flexibility index (Phi) is 6.32. The topological polar surface area (TPSA) is 90.9 Å². The van der Waals surface area contributed by atoms with Gasteiger partial charge in [0.1, 0.15) is 5.75 Å². The van der Waals surface area contributed by atoms with Crippen LogP contribution in [0.3, 0.4) is 0 Å². The van der Waals surface area contributed by atoms with E-state index in [2.05, 4.69) is 5.32 Å². The Bertz CT molecular complexity index is 1110. The van der Waals surface area contributed by atoms with Crippen LogP contribution in [0.2, 0.25) is 0 Å². The molecule has 0 aliphatic heterocycles. The van der Waals surface area contributed by atoms with Crippen molar-refractivity contribution < 1.29 is 28.6 Å². The zero-order valence-corrected chi connectivity index (χ0v) is 16.8. The second kappa shape index (κ2) is 9.09. The van der Waals surface area contributed by atoms with Gasteiger partial charge in [-0.3, -0.25) is 4.79 Å². The van der Waals surface area contributed by atoms with E-state index in [1.165, 1.54) is 32.4 Å². The number of methoxy groups -OCH3 is 2. The van der Waals surface area contributed by atoms with Crippen molar-refractivity contribution in [2.24, 2.45) is 0 Å². The van der Waals surface area contributed by atoms with Gasteiger partial charge in [-0.15, -0.1) is 0 Å². The summed E-state index contributed by atoms with van der Waals surface area (Å²) < 4.78 is 15.2. The molecule has 1 N–H and O–H groups in total. The van der Waals surface area contributed by atoms with Crippen LogP contribution in [-0.2, 0) is 14.3 Å². The monoisotopic (exact) mass is 407 g/mol. The molecule has 0 heterocycles. The van der Waals surface area contributed by atoms with Gasteiger partial charge in [0.05, 0.1) is 31.0 Å². The summed E-state index contributed by atoms with van der Waals surface area (Å²) in [6, 6.07) is 17.5. The summed E-state index contributed by atoms with van der Waals surface area (Å²) >= 11 is 0. The molecule has 0 spiro atoms. The summed E-state index contributed by atoms with van der Waals surface area (Å²) in [6.45, 7) is 1.59. The number of anilines is 1. The van der Waals surface area contributed by atoms with E-state index in [1.807, 2.05) is 36.4 Å². The third-order valence-electron chi connectivity index (χ3n) is 4.51. The molecule has 3 aromatic carbocycles. The zero-order valence-electron chi connectivity index (χ0n) is 16.8. The van der Waals surface area contributed by atoms with E-state index in [9.17, 15) is 14.4 Å². The summed E-state index contributed by atoms with van der Waals surface area (Å²) in [6.07, 6.45) is -0.863. The number of hydrogen-bond donors (Lipinski definition) is 1. The number of benzene rings is 3. The second-order valence-electron chi connectivity index (χ2n) is 6.50. The molecule has 0 aromatic heterocycles. The number of hydrogen-bond acceptors (Lipinski definition) is 6. The van der Waals surface area contributed by atoms with Crippen LogP contribution in [0, 0.1) is 0 Å². The maximum Gasteiger partial charge on any atom is 0.339 e. The predicted octanol–water partition coefficient (Wildman–Crippen LogP) is 3.82. The van der Waals surface area contributed by atoms with Crippen molar-refractivity contribution in [3.8, 4) is 5.75 Å². The molecule has 3 aromatic rings. The zero-order chi connectivity index (χ0) is 21.7. The lowest BCUT2D eigenvalue weighted by Crippen LogP contribution is -2.31. The van der Waals surface area contributed by atoms with Crippen molar-refractivity contribution in [2.45, 2.75) is 13.0 Å². The highest BCUT2D eigenvalue weighted by Crippen LogP contribution is 2.23. The van der Waals surface area contributed by atoms with Gasteiger partial charge in [-0.25, -0.2) is 9.59 Å². The summed E-state index contributed by atoms with van der Waals surface area (Å²) in [5, 5.41) is 4.68. The third-order valence-corrected chi connectivity index (χ3v) is 4.51. The summed E-state index contributed by atoms with van der Waals surface area (Å²) in [5.41, 5.74) is 0.420. The van der Waals surface area contributed by atoms with Gasteiger partial charge in [-0.1, -0.05) is 30.3 Å². The first-order valence-electron chi connectivity index (χ1n) is 9.20. The summed E-state index contributed by atoms with van der Waals surface area (Å²) in [5.74, 6) is -1.20. The molecule has 0 aliphatic rings. The Morgan fingerprint density at radius 3 is 2.23 bits per heavy atom. The van der Waals surface area contributed by atoms with Crippen LogP contribution in [0.5, 0.6) is 5.75 Å². The number of nitrogens with one attached hydrogen (secondary N) is 1. The van der Waals surface area contributed by atoms with Gasteiger partial charge >= 0.3 is 11.9 Å². The first kappa shape index (κ1) is 20.9. The Balaban J connectivity index is 1.80. The van der Waals surface area contributed by atoms with Gasteiger partial charge in [-0.2, -0.15) is 0 Å². The van der Waals surface area contributed by atoms with Crippen molar-refractivity contribution in [1.29, 1.82) is 0 Å². The van der Waals surface area contributed by atoms with Crippen LogP contribution >= 0.6 is 0 Å². The lowest BCUT2D eigenvalue weighted by molar-refractivity contribution is -0.122. The number of carbonyl (C=O) groups is 3. The normalized spacial score (nSPS) is 11.4. The minimum absolute atomic E-state index is 0.108. The molecule has 7 nitrogen and oxygen atoms in total. The maximum absolute atomic E-state index is 12.7. The van der Waals surface area contributed by atoms with Crippen LogP contribution in [-0.4, -0.2) is 38.2 Å². The van der Waals surface area contributed by atoms with Gasteiger partial charge in [-0.05, 0) is 48.0 Å². The van der Waals surface area contributed by atoms with Gasteiger partial charge in [0.25, 0.3) is 5.91 Å². The van der Waals surface area contributed by atoms with Crippen LogP contribution < -0.4 is 10.1 Å². The Hall–Kier alpha value is -3.87. The molecule has 7 heteroatoms. The Labute approximate surface area is 173 Å². The SMILES string of the molecule is COC(=O)c1ccc(C(=O)OC)c(NC(=O)[C@@H](C)Oc2ccc3ccccc3c2)c1. The van der Waals surface area contributed by atoms with E-state index >= 15 is 0 Å². The van der Waals surface area contributed by atoms with Gasteiger partial charge < -0.3 is 19.5 Å². The van der Waals surface area contributed by atoms with Crippen molar-refractivity contribution in [3.63, 3.8) is 0 Å². The smallest absolute Gasteiger partial charge is 0.339 e. The number of amides is 1. The highest BCUT2D eigenvalue weighted by Gasteiger charge is 2.21. The third kappa shape index (κ3) is 4.57. The molecular formula is C23H21NO6. The molecule has 1 amide bonds. The molecule has 30 heavy (non-hydrogen) atoms. The van der Waals surface area contributed by atoms with Crippen molar-refractivity contribution in [3.05, 3.63) is 71.8 Å². The van der Waals surface area contributed by atoms with E-state index in [0.717, 1.165) is 10.8 Å². The van der Waals surface area contributed by atoms with Crippen LogP contribution in [0.4, 0.5) is 5.69 Å². The quantitative estimate of drug-likeness (QED) is 0.625. The van der Waals surface area contributed by atoms with Crippen molar-refractivity contribution in [1.82, 2.24) is 0 Å². The number of fused-ring (bicyclic) bond motifs is 1. The number of carbonyl (C=O) groups excluding carboxylic acids is 3. The fraction of sp³-hybridized carbons (Fsp3) is 0.174. The molecule has 0 saturated heterocycles. The number of ether oxygens (including phenoxy) is 3.